The van der Waals surface area contributed by atoms with Crippen LogP contribution >= 0.6 is 0 Å². The molecule has 0 unspecified atom stereocenters. The first-order valence-corrected chi connectivity index (χ1v) is 6.33. The van der Waals surface area contributed by atoms with Crippen molar-refractivity contribution in [3.8, 4) is 0 Å². The van der Waals surface area contributed by atoms with Gasteiger partial charge in [-0.1, -0.05) is 72.7 Å². The molecule has 0 aromatic heterocycles. The molecule has 0 amide bonds. The van der Waals surface area contributed by atoms with Gasteiger partial charge >= 0.3 is 0 Å². The summed E-state index contributed by atoms with van der Waals surface area (Å²) in [4.78, 5) is 0. The van der Waals surface area contributed by atoms with Gasteiger partial charge in [0.15, 0.2) is 0 Å². The molecule has 0 saturated heterocycles. The molecule has 0 spiro atoms. The molecular formula is C15H28. The second kappa shape index (κ2) is 11.3. The van der Waals surface area contributed by atoms with Gasteiger partial charge in [-0.25, -0.2) is 0 Å². The monoisotopic (exact) mass is 208 g/mol. The van der Waals surface area contributed by atoms with Crippen LogP contribution in [0, 0.1) is 0 Å². The van der Waals surface area contributed by atoms with E-state index in [2.05, 4.69) is 45.0 Å². The van der Waals surface area contributed by atoms with E-state index in [1.54, 1.807) is 0 Å². The summed E-state index contributed by atoms with van der Waals surface area (Å²) in [6.07, 6.45) is 1.15. The van der Waals surface area contributed by atoms with E-state index in [0.717, 1.165) is 6.42 Å². The fourth-order valence-corrected chi connectivity index (χ4v) is 1.42. The van der Waals surface area contributed by atoms with Crippen molar-refractivity contribution in [2.45, 2.75) is 60.8 Å². The maximum absolute atomic E-state index is 2.24. The van der Waals surface area contributed by atoms with Crippen LogP contribution in [0.1, 0.15) is 65.5 Å². The molecular weight excluding hydrogens is 180 g/mol. The molecule has 0 saturated carbocycles. The van der Waals surface area contributed by atoms with Gasteiger partial charge in [-0.3, -0.25) is 0 Å². The van der Waals surface area contributed by atoms with Crippen molar-refractivity contribution in [1.29, 1.82) is 0 Å². The maximum Gasteiger partial charge on any atom is -0.0216 e. The van der Waals surface area contributed by atoms with Crippen LogP contribution in [0.2, 0.25) is 0 Å². The fraction of sp³-hybridized carbons (Fsp3) is 0.600. The topological polar surface area (TPSA) is 0 Å². The maximum atomic E-state index is 2.24. The van der Waals surface area contributed by atoms with Gasteiger partial charge in [0, 0.05) is 0 Å². The van der Waals surface area contributed by atoms with Crippen LogP contribution in [0.4, 0.5) is 0 Å². The Balaban J connectivity index is 0. The summed E-state index contributed by atoms with van der Waals surface area (Å²) in [6, 6.07) is 8.68. The van der Waals surface area contributed by atoms with Crippen LogP contribution in [0.3, 0.4) is 0 Å². The van der Waals surface area contributed by atoms with Gasteiger partial charge in [-0.15, -0.1) is 0 Å². The quantitative estimate of drug-likeness (QED) is 0.608. The minimum atomic E-state index is 0.658. The third-order valence-electron chi connectivity index (χ3n) is 2.06. The Morgan fingerprint density at radius 2 is 1.40 bits per heavy atom. The van der Waals surface area contributed by atoms with Crippen LogP contribution in [0.25, 0.3) is 0 Å². The van der Waals surface area contributed by atoms with Gasteiger partial charge < -0.3 is 0 Å². The zero-order valence-corrected chi connectivity index (χ0v) is 11.6. The molecule has 0 N–H and O–H groups in total. The van der Waals surface area contributed by atoms with Gasteiger partial charge in [0.05, 0.1) is 0 Å². The Morgan fingerprint density at radius 3 is 1.73 bits per heavy atom. The van der Waals surface area contributed by atoms with E-state index in [1.807, 2.05) is 27.7 Å². The molecule has 1 aromatic rings. The summed E-state index contributed by atoms with van der Waals surface area (Å²) in [6.45, 7) is 14.7. The van der Waals surface area contributed by atoms with Gasteiger partial charge in [-0.05, 0) is 23.5 Å². The molecule has 1 aromatic carbocycles. The molecule has 0 atom stereocenters. The molecule has 0 fully saturated rings. The summed E-state index contributed by atoms with van der Waals surface area (Å²) >= 11 is 0. The van der Waals surface area contributed by atoms with Crippen LogP contribution < -0.4 is 0 Å². The number of benzene rings is 1. The average molecular weight is 208 g/mol. The third-order valence-corrected chi connectivity index (χ3v) is 2.06. The average Bonchev–Trinajstić information content (AvgIpc) is 2.34. The number of aryl methyl sites for hydroxylation is 1. The van der Waals surface area contributed by atoms with Crippen molar-refractivity contribution in [3.05, 3.63) is 35.4 Å². The van der Waals surface area contributed by atoms with E-state index in [9.17, 15) is 0 Å². The predicted molar refractivity (Wildman–Crippen MR) is 72.6 cm³/mol. The van der Waals surface area contributed by atoms with Crippen molar-refractivity contribution in [2.24, 2.45) is 0 Å². The lowest BCUT2D eigenvalue weighted by atomic mass is 9.96. The molecule has 1 rings (SSSR count). The summed E-state index contributed by atoms with van der Waals surface area (Å²) in [7, 11) is 0. The summed E-state index contributed by atoms with van der Waals surface area (Å²) in [5.41, 5.74) is 2.98. The highest BCUT2D eigenvalue weighted by Crippen LogP contribution is 2.18. The van der Waals surface area contributed by atoms with E-state index >= 15 is 0 Å². The van der Waals surface area contributed by atoms with Crippen LogP contribution in [0.15, 0.2) is 24.3 Å². The van der Waals surface area contributed by atoms with Crippen molar-refractivity contribution in [1.82, 2.24) is 0 Å². The Kier molecular flexibility index (Phi) is 12.5. The summed E-state index contributed by atoms with van der Waals surface area (Å²) in [5.74, 6) is 0.658. The molecule has 15 heavy (non-hydrogen) atoms. The Bertz CT molecular complexity index is 223. The predicted octanol–water partition coefficient (Wildman–Crippen LogP) is 5.42. The molecule has 0 aliphatic rings. The van der Waals surface area contributed by atoms with E-state index in [4.69, 9.17) is 0 Å². The minimum absolute atomic E-state index is 0.658. The smallest absolute Gasteiger partial charge is 0.0216 e. The van der Waals surface area contributed by atoms with Crippen molar-refractivity contribution < 1.29 is 0 Å². The van der Waals surface area contributed by atoms with Crippen molar-refractivity contribution in [3.63, 3.8) is 0 Å². The first-order chi connectivity index (χ1) is 7.25. The Labute approximate surface area is 96.7 Å². The Morgan fingerprint density at radius 1 is 0.933 bits per heavy atom. The summed E-state index contributed by atoms with van der Waals surface area (Å²) < 4.78 is 0. The lowest BCUT2D eigenvalue weighted by Crippen LogP contribution is -1.93. The van der Waals surface area contributed by atoms with Crippen molar-refractivity contribution >= 4 is 0 Å². The zero-order valence-electron chi connectivity index (χ0n) is 11.6. The first kappa shape index (κ1) is 16.6. The van der Waals surface area contributed by atoms with Gasteiger partial charge in [0.25, 0.3) is 0 Å². The standard InChI is InChI=1S/C11H16.2C2H6/c1-4-10-7-5-6-8-11(10)9(2)3;2*1-2/h5-9H,4H2,1-3H3;2*1-2H3. The first-order valence-electron chi connectivity index (χ1n) is 6.33. The number of rotatable bonds is 2. The fourth-order valence-electron chi connectivity index (χ4n) is 1.42. The molecule has 0 heteroatoms. The Hall–Kier alpha value is -0.780. The van der Waals surface area contributed by atoms with Gasteiger partial charge in [0.1, 0.15) is 0 Å². The number of hydrogen-bond acceptors (Lipinski definition) is 0. The van der Waals surface area contributed by atoms with Crippen LogP contribution in [-0.4, -0.2) is 0 Å². The molecule has 0 aliphatic heterocycles. The molecule has 0 heterocycles. The molecule has 0 radical (unpaired) electrons. The second-order valence-corrected chi connectivity index (χ2v) is 3.21. The van der Waals surface area contributed by atoms with Gasteiger partial charge in [-0.2, -0.15) is 0 Å². The zero-order chi connectivity index (χ0) is 12.3. The molecule has 0 aliphatic carbocycles. The van der Waals surface area contributed by atoms with E-state index in [0.29, 0.717) is 5.92 Å². The van der Waals surface area contributed by atoms with E-state index in [-0.39, 0.29) is 0 Å². The molecule has 0 bridgehead atoms. The highest BCUT2D eigenvalue weighted by Gasteiger charge is 2.02. The van der Waals surface area contributed by atoms with Crippen LogP contribution in [-0.2, 0) is 6.42 Å². The summed E-state index contributed by atoms with van der Waals surface area (Å²) in [5, 5.41) is 0. The highest BCUT2D eigenvalue weighted by atomic mass is 14.1. The van der Waals surface area contributed by atoms with Crippen LogP contribution in [0.5, 0.6) is 0 Å². The van der Waals surface area contributed by atoms with E-state index in [1.165, 1.54) is 11.1 Å². The number of hydrogen-bond donors (Lipinski definition) is 0. The SMILES string of the molecule is CC.CC.CCc1ccccc1C(C)C. The van der Waals surface area contributed by atoms with Gasteiger partial charge in [0.2, 0.25) is 0 Å². The normalized spacial score (nSPS) is 8.53. The third kappa shape index (κ3) is 6.33. The minimum Gasteiger partial charge on any atom is -0.0683 e. The highest BCUT2D eigenvalue weighted by molar-refractivity contribution is 5.29. The van der Waals surface area contributed by atoms with Crippen molar-refractivity contribution in [2.75, 3.05) is 0 Å². The lowest BCUT2D eigenvalue weighted by molar-refractivity contribution is 0.844. The largest absolute Gasteiger partial charge is 0.0683 e. The molecule has 0 nitrogen and oxygen atoms in total. The molecule has 88 valence electrons. The second-order valence-electron chi connectivity index (χ2n) is 3.21. The van der Waals surface area contributed by atoms with E-state index < -0.39 is 0 Å². The lowest BCUT2D eigenvalue weighted by Gasteiger charge is -2.09.